The molecule has 2 aromatic rings. The number of nitrogens with zero attached hydrogens (tertiary/aromatic N) is 2. The van der Waals surface area contributed by atoms with E-state index in [1.54, 1.807) is 20.1 Å². The molecule has 1 aromatic carbocycles. The zero-order valence-corrected chi connectivity index (χ0v) is 15.8. The number of hydrogen-bond acceptors (Lipinski definition) is 6. The fraction of sp³-hybridized carbons (Fsp3) is 0.450. The molecule has 0 saturated heterocycles. The molecule has 2 N–H and O–H groups in total. The van der Waals surface area contributed by atoms with E-state index in [1.807, 2.05) is 24.3 Å². The maximum atomic E-state index is 12.4. The first-order valence-corrected chi connectivity index (χ1v) is 9.31. The van der Waals surface area contributed by atoms with Crippen molar-refractivity contribution in [2.45, 2.75) is 38.6 Å². The van der Waals surface area contributed by atoms with E-state index in [0.29, 0.717) is 36.5 Å². The van der Waals surface area contributed by atoms with E-state index < -0.39 is 0 Å². The third-order valence-electron chi connectivity index (χ3n) is 4.49. The Labute approximate surface area is 159 Å². The summed E-state index contributed by atoms with van der Waals surface area (Å²) in [6.07, 6.45) is 4.77. The SMILES string of the molecule is COc1ccc(OCCNC(=O)c2cc(NC3CCCC3)nc(C)n2)cc1. The number of rotatable bonds is 8. The number of anilines is 1. The predicted octanol–water partition coefficient (Wildman–Crippen LogP) is 2.96. The van der Waals surface area contributed by atoms with Gasteiger partial charge in [-0.25, -0.2) is 9.97 Å². The minimum absolute atomic E-state index is 0.228. The van der Waals surface area contributed by atoms with Crippen molar-refractivity contribution in [3.63, 3.8) is 0 Å². The summed E-state index contributed by atoms with van der Waals surface area (Å²) in [5.41, 5.74) is 0.368. The third kappa shape index (κ3) is 5.57. The Morgan fingerprint density at radius 3 is 2.56 bits per heavy atom. The van der Waals surface area contributed by atoms with Crippen LogP contribution in [0.1, 0.15) is 42.0 Å². The van der Waals surface area contributed by atoms with Crippen molar-refractivity contribution in [1.29, 1.82) is 0 Å². The number of carbonyl (C=O) groups is 1. The lowest BCUT2D eigenvalue weighted by Crippen LogP contribution is -2.29. The summed E-state index contributed by atoms with van der Waals surface area (Å²) in [5, 5.41) is 6.24. The summed E-state index contributed by atoms with van der Waals surface area (Å²) in [4.78, 5) is 21.0. The molecule has 0 atom stereocenters. The summed E-state index contributed by atoms with van der Waals surface area (Å²) >= 11 is 0. The number of aryl methyl sites for hydroxylation is 1. The Hall–Kier alpha value is -2.83. The van der Waals surface area contributed by atoms with E-state index in [-0.39, 0.29) is 5.91 Å². The normalized spacial score (nSPS) is 14.0. The zero-order valence-electron chi connectivity index (χ0n) is 15.8. The van der Waals surface area contributed by atoms with Crippen LogP contribution in [-0.4, -0.2) is 42.2 Å². The van der Waals surface area contributed by atoms with Crippen LogP contribution in [0.4, 0.5) is 5.82 Å². The van der Waals surface area contributed by atoms with Crippen molar-refractivity contribution in [3.8, 4) is 11.5 Å². The molecule has 1 heterocycles. The largest absolute Gasteiger partial charge is 0.497 e. The standard InChI is InChI=1S/C20H26N4O3/c1-14-22-18(13-19(23-14)24-15-5-3-4-6-15)20(25)21-11-12-27-17-9-7-16(26-2)8-10-17/h7-10,13,15H,3-6,11-12H2,1-2H3,(H,21,25)(H,22,23,24). The van der Waals surface area contributed by atoms with Gasteiger partial charge in [-0.3, -0.25) is 4.79 Å². The second-order valence-corrected chi connectivity index (χ2v) is 6.59. The van der Waals surface area contributed by atoms with Gasteiger partial charge in [0.15, 0.2) is 0 Å². The van der Waals surface area contributed by atoms with Gasteiger partial charge < -0.3 is 20.1 Å². The Bertz CT molecular complexity index is 758. The predicted molar refractivity (Wildman–Crippen MR) is 103 cm³/mol. The van der Waals surface area contributed by atoms with Crippen LogP contribution >= 0.6 is 0 Å². The van der Waals surface area contributed by atoms with Gasteiger partial charge in [0.1, 0.15) is 35.4 Å². The van der Waals surface area contributed by atoms with Crippen LogP contribution in [0.2, 0.25) is 0 Å². The van der Waals surface area contributed by atoms with E-state index in [9.17, 15) is 4.79 Å². The van der Waals surface area contributed by atoms with Gasteiger partial charge in [-0.2, -0.15) is 0 Å². The van der Waals surface area contributed by atoms with Gasteiger partial charge in [-0.05, 0) is 44.0 Å². The molecule has 0 spiro atoms. The van der Waals surface area contributed by atoms with Gasteiger partial charge in [-0.15, -0.1) is 0 Å². The molecule has 0 aliphatic heterocycles. The summed E-state index contributed by atoms with van der Waals surface area (Å²) < 4.78 is 10.7. The first-order chi connectivity index (χ1) is 13.1. The van der Waals surface area contributed by atoms with Crippen molar-refractivity contribution in [2.24, 2.45) is 0 Å². The van der Waals surface area contributed by atoms with Gasteiger partial charge in [0, 0.05) is 12.1 Å². The minimum atomic E-state index is -0.228. The van der Waals surface area contributed by atoms with Gasteiger partial charge in [-0.1, -0.05) is 12.8 Å². The molecule has 1 aromatic heterocycles. The molecule has 1 fully saturated rings. The second-order valence-electron chi connectivity index (χ2n) is 6.59. The number of nitrogens with one attached hydrogen (secondary N) is 2. The molecule has 1 saturated carbocycles. The summed E-state index contributed by atoms with van der Waals surface area (Å²) in [7, 11) is 1.62. The average molecular weight is 370 g/mol. The molecule has 0 radical (unpaired) electrons. The fourth-order valence-corrected chi connectivity index (χ4v) is 3.13. The van der Waals surface area contributed by atoms with Crippen LogP contribution in [0.3, 0.4) is 0 Å². The Kier molecular flexibility index (Phi) is 6.46. The summed E-state index contributed by atoms with van der Waals surface area (Å²) in [5.74, 6) is 2.57. The van der Waals surface area contributed by atoms with Gasteiger partial charge >= 0.3 is 0 Å². The molecule has 1 aliphatic rings. The summed E-state index contributed by atoms with van der Waals surface area (Å²) in [6, 6.07) is 9.47. The van der Waals surface area contributed by atoms with Crippen molar-refractivity contribution >= 4 is 11.7 Å². The highest BCUT2D eigenvalue weighted by Crippen LogP contribution is 2.21. The molecule has 7 nitrogen and oxygen atoms in total. The monoisotopic (exact) mass is 370 g/mol. The van der Waals surface area contributed by atoms with Crippen LogP contribution in [0.25, 0.3) is 0 Å². The summed E-state index contributed by atoms with van der Waals surface area (Å²) in [6.45, 7) is 2.55. The highest BCUT2D eigenvalue weighted by Gasteiger charge is 2.17. The number of ether oxygens (including phenoxy) is 2. The highest BCUT2D eigenvalue weighted by molar-refractivity contribution is 5.92. The van der Waals surface area contributed by atoms with E-state index in [4.69, 9.17) is 9.47 Å². The molecule has 0 bridgehead atoms. The number of carbonyl (C=O) groups excluding carboxylic acids is 1. The van der Waals surface area contributed by atoms with E-state index in [0.717, 1.165) is 24.3 Å². The van der Waals surface area contributed by atoms with Crippen molar-refractivity contribution in [3.05, 3.63) is 41.9 Å². The molecular formula is C20H26N4O3. The fourth-order valence-electron chi connectivity index (χ4n) is 3.13. The number of hydrogen-bond donors (Lipinski definition) is 2. The molecule has 1 amide bonds. The van der Waals surface area contributed by atoms with Crippen LogP contribution in [0, 0.1) is 6.92 Å². The van der Waals surface area contributed by atoms with E-state index in [1.165, 1.54) is 12.8 Å². The lowest BCUT2D eigenvalue weighted by molar-refractivity contribution is 0.0941. The molecule has 0 unspecified atom stereocenters. The number of aromatic nitrogens is 2. The lowest BCUT2D eigenvalue weighted by atomic mass is 10.2. The Balaban J connectivity index is 1.48. The smallest absolute Gasteiger partial charge is 0.270 e. The van der Waals surface area contributed by atoms with Crippen molar-refractivity contribution in [2.75, 3.05) is 25.6 Å². The maximum absolute atomic E-state index is 12.4. The van der Waals surface area contributed by atoms with Crippen LogP contribution < -0.4 is 20.1 Å². The molecule has 3 rings (SSSR count). The number of amides is 1. The lowest BCUT2D eigenvalue weighted by Gasteiger charge is -2.14. The quantitative estimate of drug-likeness (QED) is 0.695. The van der Waals surface area contributed by atoms with Crippen molar-refractivity contribution < 1.29 is 14.3 Å². The number of methoxy groups -OCH3 is 1. The third-order valence-corrected chi connectivity index (χ3v) is 4.49. The van der Waals surface area contributed by atoms with E-state index in [2.05, 4.69) is 20.6 Å². The Morgan fingerprint density at radius 1 is 1.15 bits per heavy atom. The van der Waals surface area contributed by atoms with Crippen molar-refractivity contribution in [1.82, 2.24) is 15.3 Å². The minimum Gasteiger partial charge on any atom is -0.497 e. The second kappa shape index (κ2) is 9.21. The molecule has 1 aliphatic carbocycles. The van der Waals surface area contributed by atoms with Gasteiger partial charge in [0.05, 0.1) is 13.7 Å². The average Bonchev–Trinajstić information content (AvgIpc) is 3.18. The molecule has 7 heteroatoms. The molecular weight excluding hydrogens is 344 g/mol. The zero-order chi connectivity index (χ0) is 19.1. The first kappa shape index (κ1) is 18.9. The Morgan fingerprint density at radius 2 is 1.85 bits per heavy atom. The molecule has 144 valence electrons. The van der Waals surface area contributed by atoms with Gasteiger partial charge in [0.2, 0.25) is 0 Å². The highest BCUT2D eigenvalue weighted by atomic mass is 16.5. The van der Waals surface area contributed by atoms with Crippen LogP contribution in [0.5, 0.6) is 11.5 Å². The van der Waals surface area contributed by atoms with E-state index >= 15 is 0 Å². The molecule has 27 heavy (non-hydrogen) atoms. The topological polar surface area (TPSA) is 85.4 Å². The number of benzene rings is 1. The first-order valence-electron chi connectivity index (χ1n) is 9.31. The van der Waals surface area contributed by atoms with Crippen LogP contribution in [-0.2, 0) is 0 Å². The van der Waals surface area contributed by atoms with Gasteiger partial charge in [0.25, 0.3) is 5.91 Å². The maximum Gasteiger partial charge on any atom is 0.270 e. The van der Waals surface area contributed by atoms with Crippen LogP contribution in [0.15, 0.2) is 30.3 Å².